The summed E-state index contributed by atoms with van der Waals surface area (Å²) in [6, 6.07) is 16.0. The highest BCUT2D eigenvalue weighted by Gasteiger charge is 2.44. The first-order valence-electron chi connectivity index (χ1n) is 8.77. The minimum absolute atomic E-state index is 0.0688. The maximum Gasteiger partial charge on any atom is 0.223 e. The molecule has 0 radical (unpaired) electrons. The summed E-state index contributed by atoms with van der Waals surface area (Å²) in [5.41, 5.74) is 2.23. The molecule has 4 rings (SSSR count). The van der Waals surface area contributed by atoms with Crippen molar-refractivity contribution in [3.63, 3.8) is 0 Å². The molecule has 25 heavy (non-hydrogen) atoms. The molecule has 1 saturated carbocycles. The van der Waals surface area contributed by atoms with E-state index in [4.69, 9.17) is 9.47 Å². The molecule has 2 aromatic rings. The van der Waals surface area contributed by atoms with Gasteiger partial charge in [0.15, 0.2) is 11.5 Å². The molecule has 2 N–H and O–H groups in total. The van der Waals surface area contributed by atoms with Crippen molar-refractivity contribution in [1.82, 2.24) is 5.32 Å². The highest BCUT2D eigenvalue weighted by atomic mass is 16.6. The Bertz CT molecular complexity index is 748. The van der Waals surface area contributed by atoms with Crippen molar-refractivity contribution >= 4 is 11.6 Å². The van der Waals surface area contributed by atoms with E-state index in [2.05, 4.69) is 10.6 Å². The molecule has 2 aliphatic rings. The van der Waals surface area contributed by atoms with Crippen molar-refractivity contribution in [3.05, 3.63) is 54.1 Å². The van der Waals surface area contributed by atoms with Crippen LogP contribution in [0.1, 0.15) is 17.9 Å². The van der Waals surface area contributed by atoms with Crippen LogP contribution in [0.25, 0.3) is 0 Å². The van der Waals surface area contributed by atoms with Gasteiger partial charge in [-0.05, 0) is 42.2 Å². The zero-order valence-electron chi connectivity index (χ0n) is 14.0. The van der Waals surface area contributed by atoms with Gasteiger partial charge in [-0.15, -0.1) is 0 Å². The molecule has 2 aromatic carbocycles. The van der Waals surface area contributed by atoms with Gasteiger partial charge < -0.3 is 20.1 Å². The second-order valence-electron chi connectivity index (χ2n) is 6.44. The lowest BCUT2D eigenvalue weighted by Crippen LogP contribution is -2.30. The summed E-state index contributed by atoms with van der Waals surface area (Å²) in [4.78, 5) is 12.3. The SMILES string of the molecule is O=C(NCCNc1ccccc1)[C@H]1C[C@H]1c1ccc2c(c1)OCCO2. The summed E-state index contributed by atoms with van der Waals surface area (Å²) in [5, 5.41) is 6.31. The molecule has 1 aliphatic carbocycles. The highest BCUT2D eigenvalue weighted by molar-refractivity contribution is 5.83. The first kappa shape index (κ1) is 15.8. The van der Waals surface area contributed by atoms with Crippen LogP contribution in [0.3, 0.4) is 0 Å². The normalized spacial score (nSPS) is 20.6. The molecule has 0 unspecified atom stereocenters. The minimum atomic E-state index is 0.0688. The van der Waals surface area contributed by atoms with E-state index in [0.717, 1.165) is 35.7 Å². The second kappa shape index (κ2) is 7.05. The van der Waals surface area contributed by atoms with E-state index in [-0.39, 0.29) is 17.7 Å². The molecule has 130 valence electrons. The molecule has 0 saturated heterocycles. The zero-order chi connectivity index (χ0) is 17.1. The summed E-state index contributed by atoms with van der Waals surface area (Å²) in [5.74, 6) is 2.08. The highest BCUT2D eigenvalue weighted by Crippen LogP contribution is 2.49. The fourth-order valence-corrected chi connectivity index (χ4v) is 3.22. The van der Waals surface area contributed by atoms with E-state index in [1.165, 1.54) is 0 Å². The number of hydrogen-bond donors (Lipinski definition) is 2. The molecule has 1 aliphatic heterocycles. The van der Waals surface area contributed by atoms with Crippen LogP contribution in [0, 0.1) is 5.92 Å². The topological polar surface area (TPSA) is 59.6 Å². The number of carbonyl (C=O) groups excluding carboxylic acids is 1. The first-order valence-corrected chi connectivity index (χ1v) is 8.77. The summed E-state index contributed by atoms with van der Waals surface area (Å²) in [7, 11) is 0. The average molecular weight is 338 g/mol. The van der Waals surface area contributed by atoms with E-state index in [9.17, 15) is 4.79 Å². The third-order valence-corrected chi connectivity index (χ3v) is 4.65. The second-order valence-corrected chi connectivity index (χ2v) is 6.44. The van der Waals surface area contributed by atoms with Crippen molar-refractivity contribution in [1.29, 1.82) is 0 Å². The number of fused-ring (bicyclic) bond motifs is 1. The van der Waals surface area contributed by atoms with Crippen LogP contribution in [0.15, 0.2) is 48.5 Å². The minimum Gasteiger partial charge on any atom is -0.486 e. The molecular weight excluding hydrogens is 316 g/mol. The van der Waals surface area contributed by atoms with Crippen molar-refractivity contribution < 1.29 is 14.3 Å². The first-order chi connectivity index (χ1) is 12.3. The number of rotatable bonds is 6. The van der Waals surface area contributed by atoms with Crippen molar-refractivity contribution in [3.8, 4) is 11.5 Å². The molecule has 2 atom stereocenters. The molecule has 1 amide bonds. The van der Waals surface area contributed by atoms with Crippen molar-refractivity contribution in [2.45, 2.75) is 12.3 Å². The van der Waals surface area contributed by atoms with E-state index in [1.807, 2.05) is 48.5 Å². The fourth-order valence-electron chi connectivity index (χ4n) is 3.22. The molecule has 1 fully saturated rings. The van der Waals surface area contributed by atoms with E-state index >= 15 is 0 Å². The Morgan fingerprint density at radius 3 is 2.64 bits per heavy atom. The van der Waals surface area contributed by atoms with Gasteiger partial charge in [-0.1, -0.05) is 24.3 Å². The summed E-state index contributed by atoms with van der Waals surface area (Å²) >= 11 is 0. The zero-order valence-corrected chi connectivity index (χ0v) is 14.0. The molecule has 0 bridgehead atoms. The summed E-state index contributed by atoms with van der Waals surface area (Å²) < 4.78 is 11.2. The van der Waals surface area contributed by atoms with Gasteiger partial charge in [0.05, 0.1) is 0 Å². The fraction of sp³-hybridized carbons (Fsp3) is 0.350. The van der Waals surface area contributed by atoms with Crippen LogP contribution in [-0.2, 0) is 4.79 Å². The lowest BCUT2D eigenvalue weighted by molar-refractivity contribution is -0.122. The van der Waals surface area contributed by atoms with Gasteiger partial charge in [-0.25, -0.2) is 0 Å². The number of ether oxygens (including phenoxy) is 2. The molecule has 5 nitrogen and oxygen atoms in total. The lowest BCUT2D eigenvalue weighted by Gasteiger charge is -2.18. The van der Waals surface area contributed by atoms with Crippen LogP contribution < -0.4 is 20.1 Å². The Kier molecular flexibility index (Phi) is 4.46. The van der Waals surface area contributed by atoms with Gasteiger partial charge in [0.1, 0.15) is 13.2 Å². The monoisotopic (exact) mass is 338 g/mol. The van der Waals surface area contributed by atoms with Gasteiger partial charge in [0, 0.05) is 24.7 Å². The van der Waals surface area contributed by atoms with E-state index in [0.29, 0.717) is 19.8 Å². The van der Waals surface area contributed by atoms with Crippen LogP contribution in [-0.4, -0.2) is 32.2 Å². The Labute approximate surface area is 147 Å². The predicted molar refractivity (Wildman–Crippen MR) is 96.2 cm³/mol. The molecule has 0 spiro atoms. The van der Waals surface area contributed by atoms with Crippen LogP contribution >= 0.6 is 0 Å². The molecular formula is C20H22N2O3. The number of hydrogen-bond acceptors (Lipinski definition) is 4. The number of amides is 1. The molecule has 5 heteroatoms. The third kappa shape index (κ3) is 3.71. The maximum atomic E-state index is 12.3. The van der Waals surface area contributed by atoms with E-state index < -0.39 is 0 Å². The summed E-state index contributed by atoms with van der Waals surface area (Å²) in [6.45, 7) is 2.52. The van der Waals surface area contributed by atoms with Crippen molar-refractivity contribution in [2.24, 2.45) is 5.92 Å². The predicted octanol–water partition coefficient (Wildman–Crippen LogP) is 2.79. The quantitative estimate of drug-likeness (QED) is 0.795. The van der Waals surface area contributed by atoms with Gasteiger partial charge in [0.25, 0.3) is 0 Å². The number of benzene rings is 2. The van der Waals surface area contributed by atoms with Gasteiger partial charge in [0.2, 0.25) is 5.91 Å². The molecule has 1 heterocycles. The Morgan fingerprint density at radius 1 is 1.00 bits per heavy atom. The standard InChI is InChI=1S/C20H22N2O3/c23-20(22-9-8-21-15-4-2-1-3-5-15)17-13-16(17)14-6-7-18-19(12-14)25-11-10-24-18/h1-7,12,16-17,21H,8-11,13H2,(H,22,23)/t16-,17-/m0/s1. The number of para-hydroxylation sites is 1. The molecule has 0 aromatic heterocycles. The van der Waals surface area contributed by atoms with Gasteiger partial charge in [-0.3, -0.25) is 4.79 Å². The largest absolute Gasteiger partial charge is 0.486 e. The van der Waals surface area contributed by atoms with Gasteiger partial charge in [-0.2, -0.15) is 0 Å². The number of carbonyl (C=O) groups is 1. The van der Waals surface area contributed by atoms with Crippen molar-refractivity contribution in [2.75, 3.05) is 31.6 Å². The Hall–Kier alpha value is -2.69. The number of anilines is 1. The van der Waals surface area contributed by atoms with E-state index in [1.54, 1.807) is 0 Å². The number of nitrogens with one attached hydrogen (secondary N) is 2. The third-order valence-electron chi connectivity index (χ3n) is 4.65. The maximum absolute atomic E-state index is 12.3. The average Bonchev–Trinajstić information content (AvgIpc) is 3.46. The lowest BCUT2D eigenvalue weighted by atomic mass is 10.1. The van der Waals surface area contributed by atoms with Gasteiger partial charge >= 0.3 is 0 Å². The van der Waals surface area contributed by atoms with Crippen LogP contribution in [0.2, 0.25) is 0 Å². The van der Waals surface area contributed by atoms with Crippen LogP contribution in [0.4, 0.5) is 5.69 Å². The Balaban J connectivity index is 1.24. The smallest absolute Gasteiger partial charge is 0.223 e. The Morgan fingerprint density at radius 2 is 1.80 bits per heavy atom. The van der Waals surface area contributed by atoms with Crippen LogP contribution in [0.5, 0.6) is 11.5 Å². The summed E-state index contributed by atoms with van der Waals surface area (Å²) in [6.07, 6.45) is 0.900.